The number of hydrogen-bond acceptors (Lipinski definition) is 2. The monoisotopic (exact) mass is 329 g/mol. The van der Waals surface area contributed by atoms with E-state index in [1.54, 1.807) is 31.2 Å². The minimum absolute atomic E-state index is 0.256. The molecule has 21 heavy (non-hydrogen) atoms. The smallest absolute Gasteiger partial charge is 0.306 e. The Morgan fingerprint density at radius 1 is 1.38 bits per heavy atom. The van der Waals surface area contributed by atoms with Crippen LogP contribution in [0.25, 0.3) is 6.08 Å². The lowest BCUT2D eigenvalue weighted by molar-refractivity contribution is -0.141. The van der Waals surface area contributed by atoms with Crippen molar-refractivity contribution >= 4 is 41.2 Å². The molecule has 1 atom stereocenters. The summed E-state index contributed by atoms with van der Waals surface area (Å²) in [5.74, 6) is -1.48. The summed E-state index contributed by atoms with van der Waals surface area (Å²) in [5.41, 5.74) is 0.666. The third-order valence-electron chi connectivity index (χ3n) is 2.91. The van der Waals surface area contributed by atoms with Crippen LogP contribution in [-0.2, 0) is 9.59 Å². The second-order valence-corrected chi connectivity index (χ2v) is 5.52. The molecule has 4 nitrogen and oxygen atoms in total. The summed E-state index contributed by atoms with van der Waals surface area (Å²) in [7, 11) is 0. The Bertz CT molecular complexity index is 544. The number of carboxylic acids is 1. The van der Waals surface area contributed by atoms with Crippen LogP contribution >= 0.6 is 23.2 Å². The molecule has 0 aliphatic carbocycles. The Labute approximate surface area is 133 Å². The first-order valence-electron chi connectivity index (χ1n) is 6.54. The van der Waals surface area contributed by atoms with Crippen molar-refractivity contribution in [2.75, 3.05) is 6.54 Å². The molecule has 1 amide bonds. The molecule has 1 aromatic rings. The van der Waals surface area contributed by atoms with E-state index in [0.29, 0.717) is 35.0 Å². The molecule has 114 valence electrons. The zero-order valence-electron chi connectivity index (χ0n) is 11.6. The van der Waals surface area contributed by atoms with Gasteiger partial charge in [-0.3, -0.25) is 9.59 Å². The van der Waals surface area contributed by atoms with Crippen molar-refractivity contribution in [2.45, 2.75) is 19.8 Å². The Kier molecular flexibility index (Phi) is 7.26. The van der Waals surface area contributed by atoms with Crippen LogP contribution in [0.4, 0.5) is 0 Å². The fourth-order valence-corrected chi connectivity index (χ4v) is 1.97. The minimum Gasteiger partial charge on any atom is -0.481 e. The fourth-order valence-electron chi connectivity index (χ4n) is 1.61. The second kappa shape index (κ2) is 8.70. The Hall–Kier alpha value is -1.52. The number of benzene rings is 1. The topological polar surface area (TPSA) is 66.4 Å². The highest BCUT2D eigenvalue weighted by atomic mass is 35.5. The van der Waals surface area contributed by atoms with Crippen LogP contribution in [0.3, 0.4) is 0 Å². The van der Waals surface area contributed by atoms with Gasteiger partial charge in [0.25, 0.3) is 0 Å². The van der Waals surface area contributed by atoms with E-state index in [-0.39, 0.29) is 5.91 Å². The molecule has 1 unspecified atom stereocenters. The van der Waals surface area contributed by atoms with Crippen molar-refractivity contribution in [3.63, 3.8) is 0 Å². The summed E-state index contributed by atoms with van der Waals surface area (Å²) >= 11 is 11.8. The van der Waals surface area contributed by atoms with E-state index < -0.39 is 11.9 Å². The average molecular weight is 330 g/mol. The highest BCUT2D eigenvalue weighted by molar-refractivity contribution is 6.34. The number of aliphatic carboxylic acids is 1. The number of carbonyl (C=O) groups excluding carboxylic acids is 1. The normalized spacial score (nSPS) is 12.3. The summed E-state index contributed by atoms with van der Waals surface area (Å²) in [6, 6.07) is 5.00. The lowest BCUT2D eigenvalue weighted by Gasteiger charge is -2.06. The molecule has 0 saturated carbocycles. The first-order valence-corrected chi connectivity index (χ1v) is 7.29. The summed E-state index contributed by atoms with van der Waals surface area (Å²) < 4.78 is 0. The molecule has 1 aromatic carbocycles. The van der Waals surface area contributed by atoms with Gasteiger partial charge >= 0.3 is 5.97 Å². The van der Waals surface area contributed by atoms with Crippen molar-refractivity contribution in [1.29, 1.82) is 0 Å². The number of carbonyl (C=O) groups is 2. The van der Waals surface area contributed by atoms with Gasteiger partial charge in [0.15, 0.2) is 0 Å². The predicted octanol–water partition coefficient (Wildman–Crippen LogP) is 3.62. The molecular weight excluding hydrogens is 313 g/mol. The molecule has 0 radical (unpaired) electrons. The molecule has 0 heterocycles. The number of halogens is 2. The zero-order valence-corrected chi connectivity index (χ0v) is 13.1. The molecule has 0 aliphatic heterocycles. The van der Waals surface area contributed by atoms with Crippen LogP contribution < -0.4 is 5.32 Å². The second-order valence-electron chi connectivity index (χ2n) is 4.67. The summed E-state index contributed by atoms with van der Waals surface area (Å²) in [6.07, 6.45) is 4.10. The molecule has 6 heteroatoms. The van der Waals surface area contributed by atoms with Crippen LogP contribution in [0.5, 0.6) is 0 Å². The van der Waals surface area contributed by atoms with Crippen LogP contribution in [0.1, 0.15) is 25.3 Å². The van der Waals surface area contributed by atoms with Gasteiger partial charge in [0.2, 0.25) is 5.91 Å². The van der Waals surface area contributed by atoms with Gasteiger partial charge < -0.3 is 10.4 Å². The maximum atomic E-state index is 11.6. The van der Waals surface area contributed by atoms with E-state index in [1.807, 2.05) is 0 Å². The van der Waals surface area contributed by atoms with Crippen LogP contribution in [0.15, 0.2) is 24.3 Å². The van der Waals surface area contributed by atoms with Gasteiger partial charge in [-0.1, -0.05) is 30.1 Å². The summed E-state index contributed by atoms with van der Waals surface area (Å²) in [5, 5.41) is 12.5. The van der Waals surface area contributed by atoms with Crippen molar-refractivity contribution in [3.8, 4) is 0 Å². The van der Waals surface area contributed by atoms with Crippen molar-refractivity contribution < 1.29 is 14.7 Å². The number of carboxylic acid groups (broad SMARTS) is 1. The van der Waals surface area contributed by atoms with Crippen LogP contribution in [0.2, 0.25) is 10.0 Å². The van der Waals surface area contributed by atoms with Gasteiger partial charge in [-0.05, 0) is 42.7 Å². The molecule has 1 rings (SSSR count). The van der Waals surface area contributed by atoms with Crippen LogP contribution in [-0.4, -0.2) is 23.5 Å². The zero-order chi connectivity index (χ0) is 15.8. The number of amides is 1. The van der Waals surface area contributed by atoms with E-state index in [1.165, 1.54) is 6.08 Å². The largest absolute Gasteiger partial charge is 0.481 e. The van der Waals surface area contributed by atoms with Gasteiger partial charge in [0, 0.05) is 22.7 Å². The van der Waals surface area contributed by atoms with Gasteiger partial charge in [-0.15, -0.1) is 0 Å². The molecule has 0 aliphatic rings. The standard InChI is InChI=1S/C15H17Cl2NO3/c1-10(15(20)21)3-2-8-18-14(19)7-4-11-9-12(16)5-6-13(11)17/h4-7,9-10H,2-3,8H2,1H3,(H,18,19)(H,20,21)/b7-4+. The molecule has 0 bridgehead atoms. The Morgan fingerprint density at radius 2 is 2.10 bits per heavy atom. The van der Waals surface area contributed by atoms with E-state index in [9.17, 15) is 9.59 Å². The summed E-state index contributed by atoms with van der Waals surface area (Å²) in [4.78, 5) is 22.2. The third-order valence-corrected chi connectivity index (χ3v) is 3.49. The number of nitrogens with one attached hydrogen (secondary N) is 1. The highest BCUT2D eigenvalue weighted by Crippen LogP contribution is 2.21. The van der Waals surface area contributed by atoms with E-state index in [0.717, 1.165) is 0 Å². The first-order chi connectivity index (χ1) is 9.90. The predicted molar refractivity (Wildman–Crippen MR) is 84.5 cm³/mol. The third kappa shape index (κ3) is 6.65. The van der Waals surface area contributed by atoms with Gasteiger partial charge in [0.05, 0.1) is 5.92 Å². The fraction of sp³-hybridized carbons (Fsp3) is 0.333. The van der Waals surface area contributed by atoms with Gasteiger partial charge in [-0.2, -0.15) is 0 Å². The van der Waals surface area contributed by atoms with Crippen molar-refractivity contribution in [3.05, 3.63) is 39.9 Å². The average Bonchev–Trinajstić information content (AvgIpc) is 2.44. The Morgan fingerprint density at radius 3 is 2.76 bits per heavy atom. The molecule has 0 aromatic heterocycles. The quantitative estimate of drug-likeness (QED) is 0.593. The van der Waals surface area contributed by atoms with E-state index in [4.69, 9.17) is 28.3 Å². The van der Waals surface area contributed by atoms with Crippen molar-refractivity contribution in [2.24, 2.45) is 5.92 Å². The maximum Gasteiger partial charge on any atom is 0.306 e. The summed E-state index contributed by atoms with van der Waals surface area (Å²) in [6.45, 7) is 2.08. The molecule has 2 N–H and O–H groups in total. The number of hydrogen-bond donors (Lipinski definition) is 2. The highest BCUT2D eigenvalue weighted by Gasteiger charge is 2.09. The Balaban J connectivity index is 2.38. The molecule has 0 spiro atoms. The first kappa shape index (κ1) is 17.5. The van der Waals surface area contributed by atoms with Gasteiger partial charge in [-0.25, -0.2) is 0 Å². The lowest BCUT2D eigenvalue weighted by Crippen LogP contribution is -2.23. The SMILES string of the molecule is CC(CCCNC(=O)/C=C/c1cc(Cl)ccc1Cl)C(=O)O. The number of rotatable bonds is 7. The minimum atomic E-state index is -0.822. The molecule has 0 saturated heterocycles. The lowest BCUT2D eigenvalue weighted by atomic mass is 10.1. The van der Waals surface area contributed by atoms with Gasteiger partial charge in [0.1, 0.15) is 0 Å². The van der Waals surface area contributed by atoms with Crippen molar-refractivity contribution in [1.82, 2.24) is 5.32 Å². The van der Waals surface area contributed by atoms with E-state index in [2.05, 4.69) is 5.32 Å². The molecular formula is C15H17Cl2NO3. The molecule has 0 fully saturated rings. The van der Waals surface area contributed by atoms with Crippen LogP contribution in [0, 0.1) is 5.92 Å². The maximum absolute atomic E-state index is 11.6. The van der Waals surface area contributed by atoms with E-state index >= 15 is 0 Å².